The van der Waals surface area contributed by atoms with E-state index in [2.05, 4.69) is 17.1 Å². The van der Waals surface area contributed by atoms with Gasteiger partial charge in [0.2, 0.25) is 10.0 Å². The third kappa shape index (κ3) is 8.18. The number of piperidine rings is 1. The van der Waals surface area contributed by atoms with E-state index in [0.717, 1.165) is 51.0 Å². The van der Waals surface area contributed by atoms with E-state index in [4.69, 9.17) is 9.73 Å². The lowest BCUT2D eigenvalue weighted by atomic mass is 9.98. The van der Waals surface area contributed by atoms with Crippen LogP contribution in [0.2, 0.25) is 0 Å². The third-order valence-corrected chi connectivity index (χ3v) is 7.68. The number of nitrogens with one attached hydrogen (secondary N) is 1. The smallest absolute Gasteiger partial charge is 0.243 e. The lowest BCUT2D eigenvalue weighted by Gasteiger charge is -2.31. The summed E-state index contributed by atoms with van der Waals surface area (Å²) in [6.45, 7) is 7.12. The van der Waals surface area contributed by atoms with Gasteiger partial charge in [-0.05, 0) is 56.6 Å². The first-order valence-electron chi connectivity index (χ1n) is 11.1. The van der Waals surface area contributed by atoms with Crippen molar-refractivity contribution in [2.24, 2.45) is 16.8 Å². The third-order valence-electron chi connectivity index (χ3n) is 5.77. The number of hydrogen-bond donors (Lipinski definition) is 1. The summed E-state index contributed by atoms with van der Waals surface area (Å²) in [6, 6.07) is 8.70. The molecular formula is C22H37IN4O3S. The standard InChI is InChI=1S/C22H36N4O3S.HI/c1-3-23-22(25(2)15-16-29-18-20-9-10-20)24-17-19-11-13-26(14-12-19)30(27,28)21-7-5-4-6-8-21;/h4-8,19-20H,3,9-18H2,1-2H3,(H,23,24);1H. The molecule has 0 bridgehead atoms. The minimum absolute atomic E-state index is 0. The van der Waals surface area contributed by atoms with E-state index < -0.39 is 10.0 Å². The zero-order valence-electron chi connectivity index (χ0n) is 18.7. The van der Waals surface area contributed by atoms with Crippen LogP contribution in [0.1, 0.15) is 32.6 Å². The van der Waals surface area contributed by atoms with Gasteiger partial charge in [0.15, 0.2) is 5.96 Å². The lowest BCUT2D eigenvalue weighted by Crippen LogP contribution is -2.42. The van der Waals surface area contributed by atoms with Crippen molar-refractivity contribution in [2.75, 3.05) is 53.0 Å². The van der Waals surface area contributed by atoms with Gasteiger partial charge in [0.1, 0.15) is 0 Å². The SMILES string of the molecule is CCNC(=NCC1CCN(S(=O)(=O)c2ccccc2)CC1)N(C)CCOCC1CC1.I. The van der Waals surface area contributed by atoms with E-state index in [9.17, 15) is 8.42 Å². The second kappa shape index (κ2) is 13.0. The van der Waals surface area contributed by atoms with Crippen LogP contribution in [-0.2, 0) is 14.8 Å². The monoisotopic (exact) mass is 564 g/mol. The maximum atomic E-state index is 12.8. The molecule has 1 N–H and O–H groups in total. The first-order chi connectivity index (χ1) is 14.5. The molecule has 0 spiro atoms. The van der Waals surface area contributed by atoms with Crippen molar-refractivity contribution in [3.63, 3.8) is 0 Å². The Kier molecular flexibility index (Phi) is 11.0. The lowest BCUT2D eigenvalue weighted by molar-refractivity contribution is 0.115. The Morgan fingerprint density at radius 3 is 2.45 bits per heavy atom. The van der Waals surface area contributed by atoms with Crippen molar-refractivity contribution in [3.05, 3.63) is 30.3 Å². The molecule has 3 rings (SSSR count). The van der Waals surface area contributed by atoms with Crippen LogP contribution >= 0.6 is 24.0 Å². The number of halogens is 1. The van der Waals surface area contributed by atoms with Gasteiger partial charge in [0.05, 0.1) is 11.5 Å². The number of sulfonamides is 1. The summed E-state index contributed by atoms with van der Waals surface area (Å²) in [7, 11) is -1.35. The first kappa shape index (κ1) is 26.3. The van der Waals surface area contributed by atoms with E-state index in [-0.39, 0.29) is 24.0 Å². The zero-order chi connectivity index (χ0) is 21.4. The molecule has 1 aliphatic carbocycles. The van der Waals surface area contributed by atoms with Gasteiger partial charge in [-0.3, -0.25) is 4.99 Å². The minimum Gasteiger partial charge on any atom is -0.379 e. The molecule has 2 fully saturated rings. The molecule has 2 aliphatic rings. The average Bonchev–Trinajstić information content (AvgIpc) is 3.59. The summed E-state index contributed by atoms with van der Waals surface area (Å²) in [5.41, 5.74) is 0. The Morgan fingerprint density at radius 2 is 1.84 bits per heavy atom. The molecule has 0 radical (unpaired) electrons. The molecule has 9 heteroatoms. The van der Waals surface area contributed by atoms with Crippen molar-refractivity contribution in [1.29, 1.82) is 0 Å². The fourth-order valence-electron chi connectivity index (χ4n) is 3.60. The Morgan fingerprint density at radius 1 is 1.16 bits per heavy atom. The van der Waals surface area contributed by atoms with Gasteiger partial charge in [-0.25, -0.2) is 8.42 Å². The number of benzene rings is 1. The molecule has 0 atom stereocenters. The molecular weight excluding hydrogens is 527 g/mol. The van der Waals surface area contributed by atoms with Gasteiger partial charge >= 0.3 is 0 Å². The average molecular weight is 565 g/mol. The first-order valence-corrected chi connectivity index (χ1v) is 12.6. The van der Waals surface area contributed by atoms with Crippen LogP contribution in [-0.4, -0.2) is 76.6 Å². The summed E-state index contributed by atoms with van der Waals surface area (Å²) < 4.78 is 32.9. The molecule has 1 heterocycles. The Hall–Kier alpha value is -0.910. The number of likely N-dealkylation sites (N-methyl/N-ethyl adjacent to an activating group) is 1. The van der Waals surface area contributed by atoms with E-state index in [1.54, 1.807) is 28.6 Å². The van der Waals surface area contributed by atoms with E-state index in [0.29, 0.717) is 30.5 Å². The van der Waals surface area contributed by atoms with Crippen molar-refractivity contribution < 1.29 is 13.2 Å². The highest BCUT2D eigenvalue weighted by Crippen LogP contribution is 2.28. The molecule has 31 heavy (non-hydrogen) atoms. The van der Waals surface area contributed by atoms with Gasteiger partial charge in [-0.1, -0.05) is 18.2 Å². The predicted molar refractivity (Wildman–Crippen MR) is 135 cm³/mol. The summed E-state index contributed by atoms with van der Waals surface area (Å²) in [4.78, 5) is 7.31. The van der Waals surface area contributed by atoms with Crippen molar-refractivity contribution in [2.45, 2.75) is 37.5 Å². The molecule has 0 unspecified atom stereocenters. The number of guanidine groups is 1. The fourth-order valence-corrected chi connectivity index (χ4v) is 5.09. The number of rotatable bonds is 10. The van der Waals surface area contributed by atoms with E-state index >= 15 is 0 Å². The summed E-state index contributed by atoms with van der Waals surface area (Å²) in [5.74, 6) is 2.08. The van der Waals surface area contributed by atoms with Crippen LogP contribution in [0.25, 0.3) is 0 Å². The quantitative estimate of drug-likeness (QED) is 0.205. The van der Waals surface area contributed by atoms with Gasteiger partial charge in [0.25, 0.3) is 0 Å². The van der Waals surface area contributed by atoms with Gasteiger partial charge < -0.3 is 15.0 Å². The largest absolute Gasteiger partial charge is 0.379 e. The summed E-state index contributed by atoms with van der Waals surface area (Å²) >= 11 is 0. The molecule has 1 aliphatic heterocycles. The Balaban J connectivity index is 0.00000341. The van der Waals surface area contributed by atoms with Gasteiger partial charge in [0, 0.05) is 46.4 Å². The minimum atomic E-state index is -3.39. The Bertz CT molecular complexity index is 779. The van der Waals surface area contributed by atoms with Crippen molar-refractivity contribution in [1.82, 2.24) is 14.5 Å². The molecule has 1 saturated heterocycles. The normalized spacial score (nSPS) is 18.5. The topological polar surface area (TPSA) is 74.2 Å². The number of ether oxygens (including phenoxy) is 1. The molecule has 176 valence electrons. The van der Waals surface area contributed by atoms with Crippen LogP contribution in [0.3, 0.4) is 0 Å². The maximum absolute atomic E-state index is 12.8. The van der Waals surface area contributed by atoms with Crippen molar-refractivity contribution in [3.8, 4) is 0 Å². The number of aliphatic imine (C=N–C) groups is 1. The van der Waals surface area contributed by atoms with Gasteiger partial charge in [-0.2, -0.15) is 4.31 Å². The second-order valence-corrected chi connectivity index (χ2v) is 10.2. The highest BCUT2D eigenvalue weighted by atomic mass is 127. The highest BCUT2D eigenvalue weighted by molar-refractivity contribution is 14.0. The highest BCUT2D eigenvalue weighted by Gasteiger charge is 2.29. The zero-order valence-corrected chi connectivity index (χ0v) is 21.8. The van der Waals surface area contributed by atoms with Crippen LogP contribution in [0, 0.1) is 11.8 Å². The predicted octanol–water partition coefficient (Wildman–Crippen LogP) is 3.03. The molecule has 7 nitrogen and oxygen atoms in total. The maximum Gasteiger partial charge on any atom is 0.243 e. The van der Waals surface area contributed by atoms with E-state index in [1.807, 2.05) is 13.1 Å². The fraction of sp³-hybridized carbons (Fsp3) is 0.682. The summed E-state index contributed by atoms with van der Waals surface area (Å²) in [5, 5.41) is 3.35. The second-order valence-electron chi connectivity index (χ2n) is 8.29. The molecule has 1 aromatic carbocycles. The number of hydrogen-bond acceptors (Lipinski definition) is 4. The molecule has 1 aromatic rings. The van der Waals surface area contributed by atoms with E-state index in [1.165, 1.54) is 12.8 Å². The molecule has 0 aromatic heterocycles. The van der Waals surface area contributed by atoms with Crippen molar-refractivity contribution >= 4 is 40.0 Å². The van der Waals surface area contributed by atoms with Crippen LogP contribution < -0.4 is 5.32 Å². The van der Waals surface area contributed by atoms with Crippen LogP contribution in [0.4, 0.5) is 0 Å². The molecule has 0 amide bonds. The van der Waals surface area contributed by atoms with Crippen LogP contribution in [0.15, 0.2) is 40.2 Å². The van der Waals surface area contributed by atoms with Gasteiger partial charge in [-0.15, -0.1) is 24.0 Å². The number of nitrogens with zero attached hydrogens (tertiary/aromatic N) is 3. The molecule has 1 saturated carbocycles. The Labute approximate surface area is 204 Å². The summed E-state index contributed by atoms with van der Waals surface area (Å²) in [6.07, 6.45) is 4.29. The van der Waals surface area contributed by atoms with Crippen LogP contribution in [0.5, 0.6) is 0 Å².